The maximum absolute atomic E-state index is 3.75. The largest absolute Gasteiger partial charge is 0.302 e. The summed E-state index contributed by atoms with van der Waals surface area (Å²) in [7, 11) is 0. The lowest BCUT2D eigenvalue weighted by atomic mass is 10.00. The molecule has 0 bridgehead atoms. The molecule has 0 saturated carbocycles. The molecule has 2 atom stereocenters. The molecule has 0 spiro atoms. The number of benzene rings is 1. The molecule has 1 N–H and O–H groups in total. The minimum absolute atomic E-state index is 0.376. The third-order valence-corrected chi connectivity index (χ3v) is 4.20. The molecule has 0 aliphatic carbocycles. The highest BCUT2D eigenvalue weighted by atomic mass is 32.1. The van der Waals surface area contributed by atoms with E-state index >= 15 is 0 Å². The first kappa shape index (κ1) is 13.3. The smallest absolute Gasteiger partial charge is 0.0442 e. The molecule has 1 nitrogen and oxygen atoms in total. The number of rotatable bonds is 5. The van der Waals surface area contributed by atoms with Gasteiger partial charge in [0.05, 0.1) is 0 Å². The van der Waals surface area contributed by atoms with Gasteiger partial charge in [-0.2, -0.15) is 0 Å². The standard InChI is InChI=1S/C16H21NS/c1-12(2)16(15-10-7-11-18-15)17-13(3)14-8-5-4-6-9-14/h4-13,16-17H,1-3H3/t13-,16?/m1/s1. The molecule has 0 radical (unpaired) electrons. The van der Waals surface area contributed by atoms with E-state index in [1.165, 1.54) is 10.4 Å². The monoisotopic (exact) mass is 259 g/mol. The van der Waals surface area contributed by atoms with Crippen LogP contribution >= 0.6 is 11.3 Å². The Labute approximate surface area is 114 Å². The van der Waals surface area contributed by atoms with E-state index in [1.54, 1.807) is 0 Å². The molecule has 0 aliphatic rings. The number of thiophene rings is 1. The first-order valence-corrected chi connectivity index (χ1v) is 7.41. The molecule has 2 aromatic rings. The molecule has 0 saturated heterocycles. The van der Waals surface area contributed by atoms with Crippen molar-refractivity contribution in [2.75, 3.05) is 0 Å². The molecule has 1 unspecified atom stereocenters. The summed E-state index contributed by atoms with van der Waals surface area (Å²) in [5.41, 5.74) is 1.35. The van der Waals surface area contributed by atoms with Crippen molar-refractivity contribution >= 4 is 11.3 Å². The predicted molar refractivity (Wildman–Crippen MR) is 79.9 cm³/mol. The van der Waals surface area contributed by atoms with Crippen LogP contribution in [0.1, 0.15) is 43.3 Å². The zero-order valence-electron chi connectivity index (χ0n) is 11.3. The van der Waals surface area contributed by atoms with Gasteiger partial charge < -0.3 is 5.32 Å². The quantitative estimate of drug-likeness (QED) is 0.813. The lowest BCUT2D eigenvalue weighted by Crippen LogP contribution is -2.27. The molecular formula is C16H21NS. The van der Waals surface area contributed by atoms with Gasteiger partial charge >= 0.3 is 0 Å². The average Bonchev–Trinajstić information content (AvgIpc) is 2.90. The number of hydrogen-bond donors (Lipinski definition) is 1. The number of hydrogen-bond acceptors (Lipinski definition) is 2. The van der Waals surface area contributed by atoms with Crippen LogP contribution in [0.2, 0.25) is 0 Å². The lowest BCUT2D eigenvalue weighted by Gasteiger charge is -2.26. The summed E-state index contributed by atoms with van der Waals surface area (Å²) < 4.78 is 0. The molecule has 1 heterocycles. The summed E-state index contributed by atoms with van der Waals surface area (Å²) >= 11 is 1.83. The van der Waals surface area contributed by atoms with E-state index in [0.717, 1.165) is 0 Å². The normalized spacial score (nSPS) is 14.7. The second-order valence-electron chi connectivity index (χ2n) is 5.04. The SMILES string of the molecule is CC(C)C(N[C@H](C)c1ccccc1)c1cccs1. The highest BCUT2D eigenvalue weighted by molar-refractivity contribution is 7.10. The van der Waals surface area contributed by atoms with E-state index in [1.807, 2.05) is 11.3 Å². The van der Waals surface area contributed by atoms with Crippen molar-refractivity contribution < 1.29 is 0 Å². The summed E-state index contributed by atoms with van der Waals surface area (Å²) in [4.78, 5) is 1.42. The molecule has 2 heteroatoms. The Hall–Kier alpha value is -1.12. The van der Waals surface area contributed by atoms with Crippen LogP contribution in [0.3, 0.4) is 0 Å². The molecule has 18 heavy (non-hydrogen) atoms. The van der Waals surface area contributed by atoms with Crippen LogP contribution in [-0.4, -0.2) is 0 Å². The molecule has 0 amide bonds. The van der Waals surface area contributed by atoms with Crippen LogP contribution in [0.5, 0.6) is 0 Å². The second-order valence-corrected chi connectivity index (χ2v) is 6.02. The number of nitrogens with one attached hydrogen (secondary N) is 1. The summed E-state index contributed by atoms with van der Waals surface area (Å²) in [6.45, 7) is 6.78. The fourth-order valence-electron chi connectivity index (χ4n) is 2.18. The molecular weight excluding hydrogens is 238 g/mol. The topological polar surface area (TPSA) is 12.0 Å². The highest BCUT2D eigenvalue weighted by Gasteiger charge is 2.19. The Morgan fingerprint density at radius 2 is 1.67 bits per heavy atom. The molecule has 1 aromatic heterocycles. The van der Waals surface area contributed by atoms with Crippen LogP contribution < -0.4 is 5.32 Å². The average molecular weight is 259 g/mol. The summed E-state index contributed by atoms with van der Waals surface area (Å²) in [5.74, 6) is 0.592. The Bertz CT molecular complexity index is 447. The first-order valence-electron chi connectivity index (χ1n) is 6.53. The fourth-order valence-corrected chi connectivity index (χ4v) is 3.14. The third kappa shape index (κ3) is 3.21. The van der Waals surface area contributed by atoms with Gasteiger partial charge in [-0.15, -0.1) is 11.3 Å². The predicted octanol–water partition coefficient (Wildman–Crippen LogP) is 4.80. The van der Waals surface area contributed by atoms with Gasteiger partial charge in [-0.1, -0.05) is 50.2 Å². The van der Waals surface area contributed by atoms with E-state index in [-0.39, 0.29) is 0 Å². The van der Waals surface area contributed by atoms with Gasteiger partial charge in [0, 0.05) is 17.0 Å². The van der Waals surface area contributed by atoms with Crippen LogP contribution in [0.15, 0.2) is 47.8 Å². The van der Waals surface area contributed by atoms with E-state index in [0.29, 0.717) is 18.0 Å². The highest BCUT2D eigenvalue weighted by Crippen LogP contribution is 2.28. The Morgan fingerprint density at radius 3 is 2.22 bits per heavy atom. The summed E-state index contributed by atoms with van der Waals surface area (Å²) in [6.07, 6.45) is 0. The molecule has 0 aliphatic heterocycles. The first-order chi connectivity index (χ1) is 8.68. The van der Waals surface area contributed by atoms with Crippen LogP contribution in [0.4, 0.5) is 0 Å². The third-order valence-electron chi connectivity index (χ3n) is 3.25. The van der Waals surface area contributed by atoms with E-state index in [4.69, 9.17) is 0 Å². The van der Waals surface area contributed by atoms with E-state index in [2.05, 4.69) is 73.9 Å². The Balaban J connectivity index is 2.11. The van der Waals surface area contributed by atoms with Gasteiger partial charge in [0.1, 0.15) is 0 Å². The van der Waals surface area contributed by atoms with E-state index < -0.39 is 0 Å². The maximum Gasteiger partial charge on any atom is 0.0442 e. The molecule has 0 fully saturated rings. The van der Waals surface area contributed by atoms with Gasteiger partial charge in [0.15, 0.2) is 0 Å². The fraction of sp³-hybridized carbons (Fsp3) is 0.375. The van der Waals surface area contributed by atoms with Crippen molar-refractivity contribution in [3.05, 3.63) is 58.3 Å². The van der Waals surface area contributed by atoms with Crippen molar-refractivity contribution in [2.45, 2.75) is 32.9 Å². The minimum Gasteiger partial charge on any atom is -0.302 e. The van der Waals surface area contributed by atoms with E-state index in [9.17, 15) is 0 Å². The second kappa shape index (κ2) is 6.17. The summed E-state index contributed by atoms with van der Waals surface area (Å²) in [6, 6.07) is 15.8. The van der Waals surface area contributed by atoms with Crippen molar-refractivity contribution in [1.82, 2.24) is 5.32 Å². The summed E-state index contributed by atoms with van der Waals surface area (Å²) in [5, 5.41) is 5.90. The zero-order chi connectivity index (χ0) is 13.0. The van der Waals surface area contributed by atoms with Gasteiger partial charge in [-0.25, -0.2) is 0 Å². The van der Waals surface area contributed by atoms with Crippen molar-refractivity contribution in [3.8, 4) is 0 Å². The van der Waals surface area contributed by atoms with Gasteiger partial charge in [-0.3, -0.25) is 0 Å². The molecule has 2 rings (SSSR count). The van der Waals surface area contributed by atoms with Gasteiger partial charge in [-0.05, 0) is 29.9 Å². The van der Waals surface area contributed by atoms with Gasteiger partial charge in [0.25, 0.3) is 0 Å². The zero-order valence-corrected chi connectivity index (χ0v) is 12.1. The molecule has 96 valence electrons. The van der Waals surface area contributed by atoms with Crippen molar-refractivity contribution in [3.63, 3.8) is 0 Å². The Morgan fingerprint density at radius 1 is 0.944 bits per heavy atom. The van der Waals surface area contributed by atoms with Crippen molar-refractivity contribution in [1.29, 1.82) is 0 Å². The van der Waals surface area contributed by atoms with Crippen molar-refractivity contribution in [2.24, 2.45) is 5.92 Å². The van der Waals surface area contributed by atoms with Gasteiger partial charge in [0.2, 0.25) is 0 Å². The minimum atomic E-state index is 0.376. The van der Waals surface area contributed by atoms with Crippen LogP contribution in [0.25, 0.3) is 0 Å². The maximum atomic E-state index is 3.75. The Kier molecular flexibility index (Phi) is 4.56. The van der Waals surface area contributed by atoms with Crippen LogP contribution in [-0.2, 0) is 0 Å². The molecule has 1 aromatic carbocycles. The van der Waals surface area contributed by atoms with Crippen LogP contribution in [0, 0.1) is 5.92 Å². The lowest BCUT2D eigenvalue weighted by molar-refractivity contribution is 0.379.